The van der Waals surface area contributed by atoms with Gasteiger partial charge in [-0.3, -0.25) is 4.79 Å². The van der Waals surface area contributed by atoms with Crippen molar-refractivity contribution in [3.63, 3.8) is 0 Å². The highest BCUT2D eigenvalue weighted by Gasteiger charge is 2.61. The lowest BCUT2D eigenvalue weighted by Gasteiger charge is -2.44. The van der Waals surface area contributed by atoms with Crippen molar-refractivity contribution in [2.45, 2.75) is 103 Å². The Morgan fingerprint density at radius 1 is 1.18 bits per heavy atom. The molecule has 0 radical (unpaired) electrons. The molecule has 2 rings (SSSR count). The summed E-state index contributed by atoms with van der Waals surface area (Å²) in [5.41, 5.74) is 0.899. The third kappa shape index (κ3) is 8.54. The Labute approximate surface area is 205 Å². The zero-order valence-electron chi connectivity index (χ0n) is 21.7. The number of alkyl carbamates (subject to hydrolysis) is 1. The number of amides is 2. The van der Waals surface area contributed by atoms with Crippen LogP contribution in [0.1, 0.15) is 79.1 Å². The molecule has 8 nitrogen and oxygen atoms in total. The van der Waals surface area contributed by atoms with Crippen LogP contribution in [0.5, 0.6) is 0 Å². The first-order chi connectivity index (χ1) is 16.2. The van der Waals surface area contributed by atoms with E-state index in [0.29, 0.717) is 39.0 Å². The number of carbonyl (C=O) groups is 2. The second-order valence-electron chi connectivity index (χ2n) is 10.1. The van der Waals surface area contributed by atoms with Crippen LogP contribution in [0.3, 0.4) is 0 Å². The lowest BCUT2D eigenvalue weighted by Crippen LogP contribution is -2.54. The van der Waals surface area contributed by atoms with Crippen molar-refractivity contribution in [2.24, 2.45) is 11.8 Å². The molecule has 34 heavy (non-hydrogen) atoms. The van der Waals surface area contributed by atoms with Crippen LogP contribution in [0, 0.1) is 11.8 Å². The van der Waals surface area contributed by atoms with Gasteiger partial charge in [-0.15, -0.1) is 0 Å². The molecule has 1 aliphatic carbocycles. The molecular formula is C26H46N2O6. The molecule has 2 amide bonds. The summed E-state index contributed by atoms with van der Waals surface area (Å²) >= 11 is 0. The average Bonchev–Trinajstić information content (AvgIpc) is 3.59. The maximum Gasteiger partial charge on any atom is 0.407 e. The van der Waals surface area contributed by atoms with Gasteiger partial charge in [0.05, 0.1) is 18.3 Å². The molecule has 196 valence electrons. The second kappa shape index (κ2) is 14.0. The molecule has 1 saturated carbocycles. The van der Waals surface area contributed by atoms with Gasteiger partial charge in [0.2, 0.25) is 5.91 Å². The van der Waals surface area contributed by atoms with Gasteiger partial charge in [0.15, 0.2) is 0 Å². The first-order valence-electron chi connectivity index (χ1n) is 12.9. The molecule has 3 N–H and O–H groups in total. The number of methoxy groups -OCH3 is 1. The van der Waals surface area contributed by atoms with E-state index in [2.05, 4.69) is 16.7 Å². The fourth-order valence-electron chi connectivity index (χ4n) is 5.02. The fraction of sp³-hybridized carbons (Fsp3) is 0.846. The van der Waals surface area contributed by atoms with Gasteiger partial charge in [0.1, 0.15) is 12.2 Å². The van der Waals surface area contributed by atoms with Gasteiger partial charge in [-0.25, -0.2) is 4.79 Å². The van der Waals surface area contributed by atoms with Crippen LogP contribution in [0.15, 0.2) is 11.6 Å². The van der Waals surface area contributed by atoms with Crippen LogP contribution in [0.25, 0.3) is 0 Å². The largest absolute Gasteiger partial charge is 0.443 e. The summed E-state index contributed by atoms with van der Waals surface area (Å²) in [7, 11) is 1.64. The Bertz CT molecular complexity index is 674. The predicted octanol–water partition coefficient (Wildman–Crippen LogP) is 3.72. The number of rotatable bonds is 14. The lowest BCUT2D eigenvalue weighted by atomic mass is 9.68. The van der Waals surface area contributed by atoms with E-state index in [-0.39, 0.29) is 35.6 Å². The summed E-state index contributed by atoms with van der Waals surface area (Å²) in [6.45, 7) is 9.86. The summed E-state index contributed by atoms with van der Waals surface area (Å²) in [5.74, 6) is -0.0166. The molecule has 6 unspecified atom stereocenters. The van der Waals surface area contributed by atoms with E-state index >= 15 is 0 Å². The lowest BCUT2D eigenvalue weighted by molar-refractivity contribution is -0.126. The van der Waals surface area contributed by atoms with Crippen molar-refractivity contribution < 1.29 is 28.9 Å². The number of epoxide rings is 1. The van der Waals surface area contributed by atoms with Crippen molar-refractivity contribution in [3.05, 3.63) is 11.6 Å². The van der Waals surface area contributed by atoms with Crippen LogP contribution < -0.4 is 10.6 Å². The maximum atomic E-state index is 12.5. The van der Waals surface area contributed by atoms with Crippen LogP contribution in [0.2, 0.25) is 0 Å². The second-order valence-corrected chi connectivity index (χ2v) is 10.1. The first-order valence-corrected chi connectivity index (χ1v) is 12.9. The SMILES string of the molecule is CCC(=O)NCCCCCCNC(=O)OC1CCC2(CO2)C(C(C)C(O)CC=C(C)C)C1OC. The third-order valence-electron chi connectivity index (χ3n) is 7.18. The van der Waals surface area contributed by atoms with Gasteiger partial charge in [0.25, 0.3) is 0 Å². The van der Waals surface area contributed by atoms with Crippen LogP contribution in [0.4, 0.5) is 4.79 Å². The van der Waals surface area contributed by atoms with E-state index in [0.717, 1.165) is 32.1 Å². The summed E-state index contributed by atoms with van der Waals surface area (Å²) in [5, 5.41) is 16.5. The highest BCUT2D eigenvalue weighted by Crippen LogP contribution is 2.51. The fourth-order valence-corrected chi connectivity index (χ4v) is 5.02. The minimum absolute atomic E-state index is 0.0437. The highest BCUT2D eigenvalue weighted by molar-refractivity contribution is 5.75. The third-order valence-corrected chi connectivity index (χ3v) is 7.18. The number of hydrogen-bond acceptors (Lipinski definition) is 6. The molecule has 0 aromatic carbocycles. The van der Waals surface area contributed by atoms with Gasteiger partial charge in [-0.2, -0.15) is 0 Å². The zero-order valence-corrected chi connectivity index (χ0v) is 21.7. The van der Waals surface area contributed by atoms with Crippen LogP contribution in [-0.2, 0) is 19.0 Å². The summed E-state index contributed by atoms with van der Waals surface area (Å²) in [6, 6.07) is 0. The summed E-state index contributed by atoms with van der Waals surface area (Å²) in [4.78, 5) is 23.7. The normalized spacial score (nSPS) is 27.5. The van der Waals surface area contributed by atoms with Crippen molar-refractivity contribution in [3.8, 4) is 0 Å². The summed E-state index contributed by atoms with van der Waals surface area (Å²) < 4.78 is 17.5. The minimum atomic E-state index is -0.513. The van der Waals surface area contributed by atoms with Crippen LogP contribution >= 0.6 is 0 Å². The van der Waals surface area contributed by atoms with Gasteiger partial charge >= 0.3 is 6.09 Å². The molecule has 2 aliphatic rings. The average molecular weight is 483 g/mol. The minimum Gasteiger partial charge on any atom is -0.443 e. The zero-order chi connectivity index (χ0) is 25.1. The molecule has 2 fully saturated rings. The number of allylic oxidation sites excluding steroid dienone is 1. The molecule has 0 bridgehead atoms. The topological polar surface area (TPSA) is 109 Å². The number of aliphatic hydroxyl groups excluding tert-OH is 1. The van der Waals surface area contributed by atoms with Crippen molar-refractivity contribution in [2.75, 3.05) is 26.8 Å². The monoisotopic (exact) mass is 482 g/mol. The first kappa shape index (κ1) is 28.6. The number of unbranched alkanes of at least 4 members (excludes halogenated alkanes) is 3. The van der Waals surface area contributed by atoms with E-state index in [9.17, 15) is 14.7 Å². The van der Waals surface area contributed by atoms with Gasteiger partial charge in [-0.05, 0) is 51.9 Å². The van der Waals surface area contributed by atoms with Gasteiger partial charge < -0.3 is 30.0 Å². The molecule has 1 heterocycles. The smallest absolute Gasteiger partial charge is 0.407 e. The molecule has 1 saturated heterocycles. The molecule has 1 spiro atoms. The number of hydrogen-bond donors (Lipinski definition) is 3. The Kier molecular flexibility index (Phi) is 11.8. The number of ether oxygens (including phenoxy) is 3. The van der Waals surface area contributed by atoms with E-state index < -0.39 is 12.2 Å². The Balaban J connectivity index is 1.78. The number of nitrogens with one attached hydrogen (secondary N) is 2. The Morgan fingerprint density at radius 3 is 2.38 bits per heavy atom. The summed E-state index contributed by atoms with van der Waals surface area (Å²) in [6.07, 6.45) is 6.79. The molecule has 6 atom stereocenters. The Morgan fingerprint density at radius 2 is 1.82 bits per heavy atom. The standard InChI is InChI=1S/C26H46N2O6/c1-6-22(30)27-15-9-7-8-10-16-28-25(31)34-21-13-14-26(17-33-26)23(24(21)32-5)19(4)20(29)12-11-18(2)3/h11,19-21,23-24,29H,6-10,12-17H2,1-5H3,(H,27,30)(H,28,31). The molecule has 0 aromatic rings. The van der Waals surface area contributed by atoms with E-state index in [1.54, 1.807) is 7.11 Å². The van der Waals surface area contributed by atoms with Gasteiger partial charge in [0, 0.05) is 32.5 Å². The van der Waals surface area contributed by atoms with E-state index in [4.69, 9.17) is 14.2 Å². The maximum absolute atomic E-state index is 12.5. The van der Waals surface area contributed by atoms with E-state index in [1.807, 2.05) is 27.7 Å². The number of carbonyl (C=O) groups excluding carboxylic acids is 2. The van der Waals surface area contributed by atoms with Crippen molar-refractivity contribution in [1.29, 1.82) is 0 Å². The molecule has 8 heteroatoms. The number of aliphatic hydroxyl groups is 1. The van der Waals surface area contributed by atoms with Crippen LogP contribution in [-0.4, -0.2) is 67.8 Å². The predicted molar refractivity (Wildman–Crippen MR) is 131 cm³/mol. The van der Waals surface area contributed by atoms with Crippen molar-refractivity contribution >= 4 is 12.0 Å². The van der Waals surface area contributed by atoms with Crippen molar-refractivity contribution in [1.82, 2.24) is 10.6 Å². The highest BCUT2D eigenvalue weighted by atomic mass is 16.6. The molecular weight excluding hydrogens is 436 g/mol. The Hall–Kier alpha value is -1.64. The molecule has 0 aromatic heterocycles. The quantitative estimate of drug-likeness (QED) is 0.198. The van der Waals surface area contributed by atoms with E-state index in [1.165, 1.54) is 5.57 Å². The van der Waals surface area contributed by atoms with Gasteiger partial charge in [-0.1, -0.05) is 38.3 Å². The molecule has 1 aliphatic heterocycles.